The van der Waals surface area contributed by atoms with Gasteiger partial charge in [0.2, 0.25) is 17.7 Å². The Labute approximate surface area is 461 Å². The minimum atomic E-state index is 0.00758. The van der Waals surface area contributed by atoms with Gasteiger partial charge in [-0.1, -0.05) is 154 Å². The molecule has 0 saturated carbocycles. The monoisotopic (exact) mass is 1050 g/mol. The molecule has 0 atom stereocenters. The van der Waals surface area contributed by atoms with Gasteiger partial charge < -0.3 is 47.0 Å². The molecule has 0 aromatic heterocycles. The first kappa shape index (κ1) is 65.6. The van der Waals surface area contributed by atoms with Crippen molar-refractivity contribution < 1.29 is 34.8 Å². The topological polar surface area (TPSA) is 192 Å². The lowest BCUT2D eigenvalue weighted by Crippen LogP contribution is -2.10. The lowest BCUT2D eigenvalue weighted by atomic mass is 10.1. The Balaban J connectivity index is 0.000000335. The van der Waals surface area contributed by atoms with Crippen LogP contribution in [0.4, 0.5) is 34.1 Å². The van der Waals surface area contributed by atoms with Gasteiger partial charge in [0.1, 0.15) is 23.0 Å². The number of amides is 3. The number of rotatable bonds is 28. The number of hydrogen-bond acceptors (Lipinski definition) is 9. The quantitative estimate of drug-likeness (QED) is 0.0170. The van der Waals surface area contributed by atoms with E-state index in [-0.39, 0.29) is 35.0 Å². The van der Waals surface area contributed by atoms with Crippen molar-refractivity contribution in [3.63, 3.8) is 0 Å². The number of phenolic OH excluding ortho intramolecular Hbond substituents is 4. The molecule has 0 unspecified atom stereocenters. The summed E-state index contributed by atoms with van der Waals surface area (Å²) < 4.78 is 0. The molecule has 3 amide bonds. The number of carbonyl (C=O) groups excluding carboxylic acids is 3. The molecule has 9 N–H and O–H groups in total. The molecule has 12 heteroatoms. The van der Waals surface area contributed by atoms with Gasteiger partial charge in [-0.2, -0.15) is 0 Å². The van der Waals surface area contributed by atoms with Crippen LogP contribution in [-0.2, 0) is 14.4 Å². The van der Waals surface area contributed by atoms with Crippen molar-refractivity contribution in [3.8, 4) is 23.0 Å². The summed E-state index contributed by atoms with van der Waals surface area (Å²) in [7, 11) is 0. The number of benzene rings is 6. The summed E-state index contributed by atoms with van der Waals surface area (Å²) in [5, 5.41) is 51.2. The molecule has 0 aliphatic heterocycles. The van der Waals surface area contributed by atoms with E-state index in [9.17, 15) is 14.4 Å². The highest BCUT2D eigenvalue weighted by Gasteiger charge is 2.04. The minimum Gasteiger partial charge on any atom is -0.508 e. The second-order valence-corrected chi connectivity index (χ2v) is 18.8. The summed E-state index contributed by atoms with van der Waals surface area (Å²) in [6, 6.07) is 47.0. The van der Waals surface area contributed by atoms with Crippen LogP contribution in [-0.4, -0.2) is 44.7 Å². The maximum atomic E-state index is 11.7. The molecule has 6 rings (SSSR count). The van der Waals surface area contributed by atoms with Crippen molar-refractivity contribution in [1.82, 2.24) is 0 Å². The molecular weight excluding hydrogens is 963 g/mol. The molecule has 0 heterocycles. The average Bonchev–Trinajstić information content (AvgIpc) is 3.43. The fraction of sp³-hybridized carbons (Fsp3) is 0.400. The molecular formula is C65H91N5O7. The first-order valence-corrected chi connectivity index (χ1v) is 28.1. The standard InChI is InChI=1S/C18H29NO2.C15H23NO2.C12H11N.C10H13NO2.C10H15NO/c1-2-3-4-5-6-7-8-9-10-11-18(21)19-16-12-14-17(20)15-13-16;1-2-3-4-5-6-7-8-15(18)16-13-9-11-14(17)12-10-13;1-3-7-11(8-4-1)13-12-9-5-2-6-10-12;1-2-3-10(13)11-8-4-6-9(12)7-5-8;1-2-3-8-11-9-4-6-10(12)7-5-9/h12-15,20H,2-11H2,1H3,(H,19,21);9-12,17H,2-8H2,1H3,(H,16,18);1-10,13H;4-7,12H,2-3H2,1H3,(H,11,13);4-7,11-12H,2-3,8H2,1H3. The van der Waals surface area contributed by atoms with Crippen molar-refractivity contribution in [3.05, 3.63) is 158 Å². The third-order valence-corrected chi connectivity index (χ3v) is 11.8. The van der Waals surface area contributed by atoms with Crippen molar-refractivity contribution in [2.45, 2.75) is 163 Å². The third kappa shape index (κ3) is 36.2. The largest absolute Gasteiger partial charge is 0.508 e. The molecule has 12 nitrogen and oxygen atoms in total. The van der Waals surface area contributed by atoms with Crippen LogP contribution >= 0.6 is 0 Å². The van der Waals surface area contributed by atoms with E-state index in [2.05, 4.69) is 47.4 Å². The molecule has 6 aromatic rings. The summed E-state index contributed by atoms with van der Waals surface area (Å²) in [6.07, 6.45) is 23.4. The molecule has 0 saturated heterocycles. The summed E-state index contributed by atoms with van der Waals surface area (Å²) >= 11 is 0. The number of para-hydroxylation sites is 2. The Hall–Kier alpha value is -7.47. The van der Waals surface area contributed by atoms with Crippen LogP contribution in [0.2, 0.25) is 0 Å². The fourth-order valence-electron chi connectivity index (χ4n) is 7.39. The number of carbonyl (C=O) groups is 3. The Morgan fingerprint density at radius 3 is 0.896 bits per heavy atom. The maximum Gasteiger partial charge on any atom is 0.224 e. The molecule has 0 bridgehead atoms. The van der Waals surface area contributed by atoms with Crippen molar-refractivity contribution in [2.75, 3.05) is 33.1 Å². The van der Waals surface area contributed by atoms with Gasteiger partial charge in [-0.15, -0.1) is 0 Å². The highest BCUT2D eigenvalue weighted by Crippen LogP contribution is 2.19. The molecule has 0 aliphatic carbocycles. The van der Waals surface area contributed by atoms with Gasteiger partial charge in [0, 0.05) is 59.9 Å². The molecule has 0 radical (unpaired) electrons. The Bertz CT molecular complexity index is 2330. The fourth-order valence-corrected chi connectivity index (χ4v) is 7.39. The maximum absolute atomic E-state index is 11.7. The molecule has 418 valence electrons. The second kappa shape index (κ2) is 43.7. The van der Waals surface area contributed by atoms with Crippen LogP contribution < -0.4 is 26.6 Å². The predicted molar refractivity (Wildman–Crippen MR) is 323 cm³/mol. The van der Waals surface area contributed by atoms with Gasteiger partial charge in [-0.3, -0.25) is 14.4 Å². The third-order valence-electron chi connectivity index (χ3n) is 11.8. The van der Waals surface area contributed by atoms with Gasteiger partial charge in [0.25, 0.3) is 0 Å². The lowest BCUT2D eigenvalue weighted by molar-refractivity contribution is -0.117. The van der Waals surface area contributed by atoms with Gasteiger partial charge in [0.15, 0.2) is 0 Å². The zero-order valence-electron chi connectivity index (χ0n) is 46.6. The number of nitrogens with one attached hydrogen (secondary N) is 5. The van der Waals surface area contributed by atoms with Crippen molar-refractivity contribution in [2.24, 2.45) is 0 Å². The summed E-state index contributed by atoms with van der Waals surface area (Å²) in [5.74, 6) is 1.06. The highest BCUT2D eigenvalue weighted by molar-refractivity contribution is 5.91. The second-order valence-electron chi connectivity index (χ2n) is 18.8. The molecule has 77 heavy (non-hydrogen) atoms. The van der Waals surface area contributed by atoms with Crippen LogP contribution in [0, 0.1) is 0 Å². The van der Waals surface area contributed by atoms with Gasteiger partial charge in [-0.05, 0) is 147 Å². The van der Waals surface area contributed by atoms with E-state index < -0.39 is 0 Å². The summed E-state index contributed by atoms with van der Waals surface area (Å²) in [5.41, 5.74) is 5.51. The first-order valence-electron chi connectivity index (χ1n) is 28.1. The van der Waals surface area contributed by atoms with Crippen LogP contribution in [0.25, 0.3) is 0 Å². The van der Waals surface area contributed by atoms with E-state index in [1.54, 1.807) is 84.9 Å². The zero-order valence-corrected chi connectivity index (χ0v) is 46.6. The normalized spacial score (nSPS) is 10.0. The minimum absolute atomic E-state index is 0.00758. The zero-order chi connectivity index (χ0) is 56.0. The highest BCUT2D eigenvalue weighted by atomic mass is 16.3. The van der Waals surface area contributed by atoms with Crippen LogP contribution in [0.1, 0.15) is 163 Å². The van der Waals surface area contributed by atoms with E-state index >= 15 is 0 Å². The number of unbranched alkanes of at least 4 members (excludes halogenated alkanes) is 14. The molecule has 0 aliphatic rings. The Morgan fingerprint density at radius 2 is 0.584 bits per heavy atom. The summed E-state index contributed by atoms with van der Waals surface area (Å²) in [6.45, 7) is 9.56. The Kier molecular flexibility index (Phi) is 37.3. The first-order chi connectivity index (χ1) is 37.4. The van der Waals surface area contributed by atoms with E-state index in [4.69, 9.17) is 20.4 Å². The number of hydrogen-bond donors (Lipinski definition) is 9. The SMILES string of the molecule is CCCC(=O)Nc1ccc(O)cc1.CCCCCCCCC(=O)Nc1ccc(O)cc1.CCCCCCCCCCCC(=O)Nc1ccc(O)cc1.CCCCNc1ccc(O)cc1.c1ccc(Nc2ccccc2)cc1. The van der Waals surface area contributed by atoms with Crippen LogP contribution in [0.15, 0.2) is 158 Å². The lowest BCUT2D eigenvalue weighted by Gasteiger charge is -2.05. The number of phenols is 4. The summed E-state index contributed by atoms with van der Waals surface area (Å²) in [4.78, 5) is 34.5. The van der Waals surface area contributed by atoms with Crippen molar-refractivity contribution in [1.29, 1.82) is 0 Å². The van der Waals surface area contributed by atoms with Crippen LogP contribution in [0.3, 0.4) is 0 Å². The molecule has 0 spiro atoms. The predicted octanol–water partition coefficient (Wildman–Crippen LogP) is 17.5. The smallest absolute Gasteiger partial charge is 0.224 e. The van der Waals surface area contributed by atoms with E-state index in [0.717, 1.165) is 72.8 Å². The van der Waals surface area contributed by atoms with E-state index in [1.807, 2.05) is 79.7 Å². The number of aromatic hydroxyl groups is 4. The van der Waals surface area contributed by atoms with Gasteiger partial charge >= 0.3 is 0 Å². The average molecular weight is 1050 g/mol. The van der Waals surface area contributed by atoms with E-state index in [0.29, 0.717) is 25.0 Å². The van der Waals surface area contributed by atoms with Crippen LogP contribution in [0.5, 0.6) is 23.0 Å². The molecule has 0 fully saturated rings. The molecule has 6 aromatic carbocycles. The van der Waals surface area contributed by atoms with E-state index in [1.165, 1.54) is 83.5 Å². The Morgan fingerprint density at radius 1 is 0.299 bits per heavy atom. The van der Waals surface area contributed by atoms with Crippen molar-refractivity contribution >= 4 is 51.8 Å². The van der Waals surface area contributed by atoms with Gasteiger partial charge in [0.05, 0.1) is 0 Å². The number of anilines is 6. The van der Waals surface area contributed by atoms with Gasteiger partial charge in [-0.25, -0.2) is 0 Å².